The van der Waals surface area contributed by atoms with Crippen LogP contribution in [0.15, 0.2) is 24.3 Å². The van der Waals surface area contributed by atoms with Crippen LogP contribution in [0, 0.1) is 5.82 Å². The highest BCUT2D eigenvalue weighted by molar-refractivity contribution is 7.89. The highest BCUT2D eigenvalue weighted by Crippen LogP contribution is 2.26. The SMILES string of the molecule is CCCCS(=O)(=O)N1CCC(N2CCC(Oc3ccccc3F)CC2)CC1. The number of sulfonamides is 1. The van der Waals surface area contributed by atoms with Crippen molar-refractivity contribution in [2.24, 2.45) is 0 Å². The fourth-order valence-electron chi connectivity index (χ4n) is 4.02. The first-order valence-corrected chi connectivity index (χ1v) is 11.7. The van der Waals surface area contributed by atoms with E-state index >= 15 is 0 Å². The number of ether oxygens (including phenoxy) is 1. The molecule has 0 N–H and O–H groups in total. The van der Waals surface area contributed by atoms with Crippen molar-refractivity contribution in [1.29, 1.82) is 0 Å². The first kappa shape index (κ1) is 20.6. The van der Waals surface area contributed by atoms with E-state index in [1.54, 1.807) is 22.5 Å². The van der Waals surface area contributed by atoms with E-state index in [0.717, 1.165) is 51.6 Å². The molecular weight excluding hydrogens is 367 g/mol. The molecule has 2 aliphatic rings. The summed E-state index contributed by atoms with van der Waals surface area (Å²) < 4.78 is 45.9. The molecule has 0 aliphatic carbocycles. The van der Waals surface area contributed by atoms with E-state index in [9.17, 15) is 12.8 Å². The van der Waals surface area contributed by atoms with Crippen LogP contribution in [0.2, 0.25) is 0 Å². The molecule has 0 bridgehead atoms. The van der Waals surface area contributed by atoms with Gasteiger partial charge in [-0.1, -0.05) is 25.5 Å². The Morgan fingerprint density at radius 3 is 2.37 bits per heavy atom. The van der Waals surface area contributed by atoms with E-state index in [4.69, 9.17) is 4.74 Å². The van der Waals surface area contributed by atoms with Gasteiger partial charge in [0.25, 0.3) is 0 Å². The summed E-state index contributed by atoms with van der Waals surface area (Å²) in [4.78, 5) is 2.46. The third kappa shape index (κ3) is 5.42. The van der Waals surface area contributed by atoms with Crippen LogP contribution in [0.5, 0.6) is 5.75 Å². The molecular formula is C20H31FN2O3S. The van der Waals surface area contributed by atoms with Crippen LogP contribution in [0.1, 0.15) is 45.4 Å². The van der Waals surface area contributed by atoms with Gasteiger partial charge in [-0.25, -0.2) is 17.1 Å². The Balaban J connectivity index is 1.44. The quantitative estimate of drug-likeness (QED) is 0.707. The zero-order valence-corrected chi connectivity index (χ0v) is 17.0. The van der Waals surface area contributed by atoms with Gasteiger partial charge in [0.05, 0.1) is 5.75 Å². The number of benzene rings is 1. The molecule has 1 aromatic carbocycles. The predicted molar refractivity (Wildman–Crippen MR) is 105 cm³/mol. The number of hydrogen-bond acceptors (Lipinski definition) is 4. The lowest BCUT2D eigenvalue weighted by atomic mass is 10.00. The average Bonchev–Trinajstić information content (AvgIpc) is 2.69. The molecule has 2 aliphatic heterocycles. The Morgan fingerprint density at radius 2 is 1.74 bits per heavy atom. The number of likely N-dealkylation sites (tertiary alicyclic amines) is 1. The molecule has 3 rings (SSSR count). The third-order valence-corrected chi connectivity index (χ3v) is 7.65. The van der Waals surface area contributed by atoms with Crippen molar-refractivity contribution in [3.63, 3.8) is 0 Å². The van der Waals surface area contributed by atoms with Gasteiger partial charge in [-0.2, -0.15) is 0 Å². The summed E-state index contributed by atoms with van der Waals surface area (Å²) in [6.45, 7) is 5.12. The Hall–Kier alpha value is -1.18. The second kappa shape index (κ2) is 9.34. The van der Waals surface area contributed by atoms with Crippen LogP contribution in [0.25, 0.3) is 0 Å². The second-order valence-corrected chi connectivity index (χ2v) is 9.67. The molecule has 0 atom stereocenters. The number of halogens is 1. The molecule has 2 saturated heterocycles. The van der Waals surface area contributed by atoms with Crippen LogP contribution in [0.4, 0.5) is 4.39 Å². The summed E-state index contributed by atoms with van der Waals surface area (Å²) in [6, 6.07) is 7.00. The number of para-hydroxylation sites is 1. The van der Waals surface area contributed by atoms with E-state index in [0.29, 0.717) is 24.9 Å². The maximum Gasteiger partial charge on any atom is 0.214 e. The van der Waals surface area contributed by atoms with Crippen LogP contribution >= 0.6 is 0 Å². The Labute approximate surface area is 162 Å². The Morgan fingerprint density at radius 1 is 1.07 bits per heavy atom. The lowest BCUT2D eigenvalue weighted by molar-refractivity contribution is 0.0568. The molecule has 5 nitrogen and oxygen atoms in total. The van der Waals surface area contributed by atoms with E-state index in [-0.39, 0.29) is 17.7 Å². The fraction of sp³-hybridized carbons (Fsp3) is 0.700. The third-order valence-electron chi connectivity index (χ3n) is 5.70. The largest absolute Gasteiger partial charge is 0.487 e. The lowest BCUT2D eigenvalue weighted by Gasteiger charge is -2.41. The van der Waals surface area contributed by atoms with Crippen molar-refractivity contribution in [1.82, 2.24) is 9.21 Å². The summed E-state index contributed by atoms with van der Waals surface area (Å²) in [5.74, 6) is 0.297. The van der Waals surface area contributed by atoms with Crippen molar-refractivity contribution in [2.45, 2.75) is 57.6 Å². The topological polar surface area (TPSA) is 49.9 Å². The predicted octanol–water partition coefficient (Wildman–Crippen LogP) is 3.26. The van der Waals surface area contributed by atoms with Gasteiger partial charge in [0.2, 0.25) is 10.0 Å². The molecule has 0 unspecified atom stereocenters. The molecule has 0 amide bonds. The lowest BCUT2D eigenvalue weighted by Crippen LogP contribution is -2.50. The number of hydrogen-bond donors (Lipinski definition) is 0. The summed E-state index contributed by atoms with van der Waals surface area (Å²) in [5, 5.41) is 0. The van der Waals surface area contributed by atoms with Gasteiger partial charge in [0, 0.05) is 32.2 Å². The van der Waals surface area contributed by atoms with E-state index in [1.165, 1.54) is 6.07 Å². The van der Waals surface area contributed by atoms with Gasteiger partial charge in [-0.05, 0) is 44.2 Å². The Bertz CT molecular complexity index is 697. The van der Waals surface area contributed by atoms with Crippen LogP contribution in [0.3, 0.4) is 0 Å². The molecule has 0 radical (unpaired) electrons. The van der Waals surface area contributed by atoms with Gasteiger partial charge in [-0.3, -0.25) is 0 Å². The van der Waals surface area contributed by atoms with E-state index in [1.807, 2.05) is 6.92 Å². The maximum atomic E-state index is 13.7. The smallest absolute Gasteiger partial charge is 0.214 e. The summed E-state index contributed by atoms with van der Waals surface area (Å²) in [6.07, 6.45) is 5.23. The molecule has 7 heteroatoms. The number of nitrogens with zero attached hydrogens (tertiary/aromatic N) is 2. The minimum absolute atomic E-state index is 0.0488. The van der Waals surface area contributed by atoms with Crippen LogP contribution in [-0.2, 0) is 10.0 Å². The standard InChI is InChI=1S/C20H31FN2O3S/c1-2-3-16-27(24,25)23-14-8-17(9-15-23)22-12-10-18(11-13-22)26-20-7-5-4-6-19(20)21/h4-7,17-18H,2-3,8-16H2,1H3. The summed E-state index contributed by atoms with van der Waals surface area (Å²) in [7, 11) is -3.09. The minimum atomic E-state index is -3.09. The highest BCUT2D eigenvalue weighted by Gasteiger charge is 2.32. The molecule has 152 valence electrons. The van der Waals surface area contributed by atoms with E-state index in [2.05, 4.69) is 4.90 Å². The molecule has 2 fully saturated rings. The number of unbranched alkanes of at least 4 members (excludes halogenated alkanes) is 1. The van der Waals surface area contributed by atoms with Gasteiger partial charge >= 0.3 is 0 Å². The average molecular weight is 399 g/mol. The zero-order valence-electron chi connectivity index (χ0n) is 16.1. The maximum absolute atomic E-state index is 13.7. The van der Waals surface area contributed by atoms with Crippen molar-refractivity contribution in [3.05, 3.63) is 30.1 Å². The van der Waals surface area contributed by atoms with Crippen LogP contribution in [-0.4, -0.2) is 61.7 Å². The molecule has 2 heterocycles. The number of piperidine rings is 2. The van der Waals surface area contributed by atoms with Crippen molar-refractivity contribution >= 4 is 10.0 Å². The second-order valence-electron chi connectivity index (χ2n) is 7.58. The van der Waals surface area contributed by atoms with Gasteiger partial charge in [-0.15, -0.1) is 0 Å². The normalized spacial score (nSPS) is 21.4. The first-order valence-electron chi connectivity index (χ1n) is 10.1. The van der Waals surface area contributed by atoms with Crippen molar-refractivity contribution in [3.8, 4) is 5.75 Å². The van der Waals surface area contributed by atoms with Crippen LogP contribution < -0.4 is 4.74 Å². The zero-order chi connectivity index (χ0) is 19.3. The van der Waals surface area contributed by atoms with Gasteiger partial charge in [0.1, 0.15) is 6.10 Å². The molecule has 0 spiro atoms. The van der Waals surface area contributed by atoms with Gasteiger partial charge < -0.3 is 9.64 Å². The van der Waals surface area contributed by atoms with Gasteiger partial charge in [0.15, 0.2) is 11.6 Å². The number of rotatable bonds is 7. The monoisotopic (exact) mass is 398 g/mol. The van der Waals surface area contributed by atoms with Crippen molar-refractivity contribution in [2.75, 3.05) is 31.9 Å². The highest BCUT2D eigenvalue weighted by atomic mass is 32.2. The van der Waals surface area contributed by atoms with Crippen molar-refractivity contribution < 1.29 is 17.5 Å². The fourth-order valence-corrected chi connectivity index (χ4v) is 5.70. The van der Waals surface area contributed by atoms with E-state index < -0.39 is 10.0 Å². The minimum Gasteiger partial charge on any atom is -0.487 e. The Kier molecular flexibility index (Phi) is 7.11. The summed E-state index contributed by atoms with van der Waals surface area (Å²) in [5.41, 5.74) is 0. The molecule has 1 aromatic rings. The first-order chi connectivity index (χ1) is 13.0. The molecule has 0 aromatic heterocycles. The summed E-state index contributed by atoms with van der Waals surface area (Å²) >= 11 is 0. The molecule has 0 saturated carbocycles. The molecule has 27 heavy (non-hydrogen) atoms.